The fraction of sp³-hybridized carbons (Fsp3) is 0.500. The number of nitrogens with one attached hydrogen (secondary N) is 2. The van der Waals surface area contributed by atoms with Gasteiger partial charge < -0.3 is 15.4 Å². The SMILES string of the molecule is COCCNCCNC(=O)c1cc(C2CC2)nc2c(C)cc(C)cc12. The van der Waals surface area contributed by atoms with Crippen molar-refractivity contribution in [1.82, 2.24) is 15.6 Å². The molecule has 3 rings (SSSR count). The third-order valence-corrected chi connectivity index (χ3v) is 4.58. The second-order valence-corrected chi connectivity index (χ2v) is 6.85. The first-order valence-electron chi connectivity index (χ1n) is 9.00. The lowest BCUT2D eigenvalue weighted by Gasteiger charge is -2.13. The van der Waals surface area contributed by atoms with Crippen molar-refractivity contribution in [3.63, 3.8) is 0 Å². The molecule has 1 fully saturated rings. The van der Waals surface area contributed by atoms with Gasteiger partial charge in [-0.05, 0) is 44.4 Å². The van der Waals surface area contributed by atoms with E-state index in [2.05, 4.69) is 36.6 Å². The molecule has 1 amide bonds. The minimum atomic E-state index is -0.0205. The highest BCUT2D eigenvalue weighted by Crippen LogP contribution is 2.40. The number of ether oxygens (including phenoxy) is 1. The Bertz CT molecular complexity index is 769. The van der Waals surface area contributed by atoms with Crippen LogP contribution in [0.5, 0.6) is 0 Å². The third kappa shape index (κ3) is 4.35. The predicted octanol–water partition coefficient (Wildman–Crippen LogP) is 2.69. The summed E-state index contributed by atoms with van der Waals surface area (Å²) in [6.07, 6.45) is 2.35. The molecule has 5 heteroatoms. The van der Waals surface area contributed by atoms with Crippen LogP contribution in [0.25, 0.3) is 10.9 Å². The normalized spacial score (nSPS) is 14.0. The number of aryl methyl sites for hydroxylation is 2. The van der Waals surface area contributed by atoms with Crippen molar-refractivity contribution in [3.05, 3.63) is 40.6 Å². The summed E-state index contributed by atoms with van der Waals surface area (Å²) >= 11 is 0. The number of carbonyl (C=O) groups is 1. The highest BCUT2D eigenvalue weighted by atomic mass is 16.5. The Morgan fingerprint density at radius 3 is 2.72 bits per heavy atom. The Morgan fingerprint density at radius 1 is 1.20 bits per heavy atom. The van der Waals surface area contributed by atoms with E-state index in [1.54, 1.807) is 7.11 Å². The highest BCUT2D eigenvalue weighted by molar-refractivity contribution is 6.07. The third-order valence-electron chi connectivity index (χ3n) is 4.58. The van der Waals surface area contributed by atoms with Crippen LogP contribution in [0.4, 0.5) is 0 Å². The Kier molecular flexibility index (Phi) is 5.66. The number of pyridine rings is 1. The van der Waals surface area contributed by atoms with Gasteiger partial charge >= 0.3 is 0 Å². The molecular weight excluding hydrogens is 314 g/mol. The first-order valence-corrected chi connectivity index (χ1v) is 9.00. The number of rotatable bonds is 8. The standard InChI is InChI=1S/C20H27N3O2/c1-13-10-14(2)19-16(11-13)17(12-18(23-19)15-4-5-15)20(24)22-7-6-21-8-9-25-3/h10-12,15,21H,4-9H2,1-3H3,(H,22,24). The van der Waals surface area contributed by atoms with E-state index in [0.29, 0.717) is 19.1 Å². The van der Waals surface area contributed by atoms with Crippen molar-refractivity contribution in [3.8, 4) is 0 Å². The summed E-state index contributed by atoms with van der Waals surface area (Å²) in [6.45, 7) is 6.91. The molecule has 0 spiro atoms. The lowest BCUT2D eigenvalue weighted by atomic mass is 10.00. The number of hydrogen-bond acceptors (Lipinski definition) is 4. The average Bonchev–Trinajstić information content (AvgIpc) is 3.42. The van der Waals surface area contributed by atoms with E-state index in [-0.39, 0.29) is 5.91 Å². The maximum absolute atomic E-state index is 12.8. The van der Waals surface area contributed by atoms with Crippen LogP contribution in [-0.2, 0) is 4.74 Å². The number of amides is 1. The molecule has 25 heavy (non-hydrogen) atoms. The smallest absolute Gasteiger partial charge is 0.252 e. The Morgan fingerprint density at radius 2 is 2.00 bits per heavy atom. The molecule has 1 aromatic carbocycles. The van der Waals surface area contributed by atoms with Crippen molar-refractivity contribution in [2.75, 3.05) is 33.4 Å². The molecule has 1 saturated carbocycles. The average molecular weight is 341 g/mol. The quantitative estimate of drug-likeness (QED) is 0.725. The fourth-order valence-electron chi connectivity index (χ4n) is 3.14. The molecule has 134 valence electrons. The Hall–Kier alpha value is -1.98. The molecule has 0 bridgehead atoms. The summed E-state index contributed by atoms with van der Waals surface area (Å²) in [7, 11) is 1.68. The van der Waals surface area contributed by atoms with Gasteiger partial charge in [-0.15, -0.1) is 0 Å². The molecule has 1 heterocycles. The van der Waals surface area contributed by atoms with Crippen LogP contribution in [0.3, 0.4) is 0 Å². The molecule has 1 aromatic heterocycles. The van der Waals surface area contributed by atoms with Gasteiger partial charge in [0, 0.05) is 43.7 Å². The van der Waals surface area contributed by atoms with Crippen LogP contribution in [0.15, 0.2) is 18.2 Å². The van der Waals surface area contributed by atoms with Crippen LogP contribution < -0.4 is 10.6 Å². The molecule has 5 nitrogen and oxygen atoms in total. The second-order valence-electron chi connectivity index (χ2n) is 6.85. The van der Waals surface area contributed by atoms with Crippen LogP contribution in [0, 0.1) is 13.8 Å². The van der Waals surface area contributed by atoms with E-state index in [4.69, 9.17) is 9.72 Å². The lowest BCUT2D eigenvalue weighted by molar-refractivity contribution is 0.0955. The van der Waals surface area contributed by atoms with Crippen molar-refractivity contribution in [1.29, 1.82) is 0 Å². The summed E-state index contributed by atoms with van der Waals surface area (Å²) in [6, 6.07) is 6.19. The fourth-order valence-corrected chi connectivity index (χ4v) is 3.14. The van der Waals surface area contributed by atoms with E-state index in [0.717, 1.165) is 46.4 Å². The van der Waals surface area contributed by atoms with E-state index < -0.39 is 0 Å². The number of carbonyl (C=O) groups excluding carboxylic acids is 1. The van der Waals surface area contributed by atoms with Gasteiger partial charge in [0.2, 0.25) is 0 Å². The number of methoxy groups -OCH3 is 1. The van der Waals surface area contributed by atoms with Crippen LogP contribution >= 0.6 is 0 Å². The van der Waals surface area contributed by atoms with Gasteiger partial charge in [-0.25, -0.2) is 0 Å². The molecule has 1 aliphatic rings. The monoisotopic (exact) mass is 341 g/mol. The Labute approximate surface area is 149 Å². The summed E-state index contributed by atoms with van der Waals surface area (Å²) in [5.74, 6) is 0.500. The molecular formula is C20H27N3O2. The van der Waals surface area contributed by atoms with Gasteiger partial charge in [0.15, 0.2) is 0 Å². The van der Waals surface area contributed by atoms with Crippen molar-refractivity contribution in [2.45, 2.75) is 32.6 Å². The zero-order valence-electron chi connectivity index (χ0n) is 15.3. The van der Waals surface area contributed by atoms with Gasteiger partial charge in [0.05, 0.1) is 17.7 Å². The van der Waals surface area contributed by atoms with Crippen LogP contribution in [-0.4, -0.2) is 44.2 Å². The van der Waals surface area contributed by atoms with E-state index in [1.165, 1.54) is 12.8 Å². The van der Waals surface area contributed by atoms with Gasteiger partial charge in [0.25, 0.3) is 5.91 Å². The van der Waals surface area contributed by atoms with Crippen molar-refractivity contribution >= 4 is 16.8 Å². The van der Waals surface area contributed by atoms with Gasteiger partial charge in [-0.1, -0.05) is 11.6 Å². The Balaban J connectivity index is 1.80. The zero-order valence-corrected chi connectivity index (χ0v) is 15.3. The summed E-state index contributed by atoms with van der Waals surface area (Å²) < 4.78 is 4.99. The number of nitrogens with zero attached hydrogens (tertiary/aromatic N) is 1. The second kappa shape index (κ2) is 7.93. The number of hydrogen-bond donors (Lipinski definition) is 2. The minimum absolute atomic E-state index is 0.0205. The van der Waals surface area contributed by atoms with Crippen molar-refractivity contribution < 1.29 is 9.53 Å². The van der Waals surface area contributed by atoms with E-state index in [1.807, 2.05) is 6.07 Å². The van der Waals surface area contributed by atoms with E-state index in [9.17, 15) is 4.79 Å². The van der Waals surface area contributed by atoms with Gasteiger partial charge in [-0.2, -0.15) is 0 Å². The van der Waals surface area contributed by atoms with Gasteiger partial charge in [-0.3, -0.25) is 9.78 Å². The minimum Gasteiger partial charge on any atom is -0.383 e. The number of aromatic nitrogens is 1. The predicted molar refractivity (Wildman–Crippen MR) is 100 cm³/mol. The first kappa shape index (κ1) is 17.8. The molecule has 0 saturated heterocycles. The van der Waals surface area contributed by atoms with Gasteiger partial charge in [0.1, 0.15) is 0 Å². The van der Waals surface area contributed by atoms with E-state index >= 15 is 0 Å². The lowest BCUT2D eigenvalue weighted by Crippen LogP contribution is -2.33. The highest BCUT2D eigenvalue weighted by Gasteiger charge is 2.27. The first-order chi connectivity index (χ1) is 12.1. The largest absolute Gasteiger partial charge is 0.383 e. The van der Waals surface area contributed by atoms with Crippen LogP contribution in [0.1, 0.15) is 45.9 Å². The topological polar surface area (TPSA) is 63.2 Å². The maximum atomic E-state index is 12.8. The summed E-state index contributed by atoms with van der Waals surface area (Å²) in [5, 5.41) is 7.21. The number of fused-ring (bicyclic) bond motifs is 1. The molecule has 2 N–H and O–H groups in total. The van der Waals surface area contributed by atoms with Crippen LogP contribution in [0.2, 0.25) is 0 Å². The molecule has 0 radical (unpaired) electrons. The maximum Gasteiger partial charge on any atom is 0.252 e. The molecule has 0 aliphatic heterocycles. The molecule has 0 atom stereocenters. The summed E-state index contributed by atoms with van der Waals surface area (Å²) in [5.41, 5.74) is 5.05. The molecule has 2 aromatic rings. The zero-order chi connectivity index (χ0) is 17.8. The summed E-state index contributed by atoms with van der Waals surface area (Å²) in [4.78, 5) is 17.6. The molecule has 1 aliphatic carbocycles. The molecule has 0 unspecified atom stereocenters. The number of benzene rings is 1. The van der Waals surface area contributed by atoms with Crippen molar-refractivity contribution in [2.24, 2.45) is 0 Å².